The molecule has 0 saturated carbocycles. The number of aryl methyl sites for hydroxylation is 1. The highest BCUT2D eigenvalue weighted by Crippen LogP contribution is 2.18. The Morgan fingerprint density at radius 1 is 1.35 bits per heavy atom. The van der Waals surface area contributed by atoms with Crippen molar-refractivity contribution in [3.05, 3.63) is 29.6 Å². The van der Waals surface area contributed by atoms with Gasteiger partial charge in [-0.1, -0.05) is 19.9 Å². The quantitative estimate of drug-likeness (QED) is 0.831. The van der Waals surface area contributed by atoms with E-state index in [-0.39, 0.29) is 0 Å². The van der Waals surface area contributed by atoms with Gasteiger partial charge in [0.2, 0.25) is 0 Å². The van der Waals surface area contributed by atoms with Crippen molar-refractivity contribution in [2.45, 2.75) is 64.5 Å². The first kappa shape index (κ1) is 15.5. The second-order valence-electron chi connectivity index (χ2n) is 5.69. The van der Waals surface area contributed by atoms with Gasteiger partial charge in [0.05, 0.1) is 6.10 Å². The maximum absolute atomic E-state index is 5.87. The van der Waals surface area contributed by atoms with Gasteiger partial charge in [-0.3, -0.25) is 4.98 Å². The van der Waals surface area contributed by atoms with E-state index in [1.165, 1.54) is 30.5 Å². The summed E-state index contributed by atoms with van der Waals surface area (Å²) >= 11 is 0. The molecule has 2 rings (SSSR count). The summed E-state index contributed by atoms with van der Waals surface area (Å²) in [4.78, 5) is 4.58. The van der Waals surface area contributed by atoms with Gasteiger partial charge in [0.1, 0.15) is 0 Å². The van der Waals surface area contributed by atoms with Crippen LogP contribution in [0.3, 0.4) is 0 Å². The van der Waals surface area contributed by atoms with Crippen molar-refractivity contribution >= 4 is 0 Å². The minimum Gasteiger partial charge on any atom is -0.378 e. The Kier molecular flexibility index (Phi) is 6.48. The molecule has 0 aromatic carbocycles. The molecule has 0 aliphatic carbocycles. The molecule has 2 atom stereocenters. The molecule has 3 heteroatoms. The van der Waals surface area contributed by atoms with Gasteiger partial charge >= 0.3 is 0 Å². The van der Waals surface area contributed by atoms with E-state index in [9.17, 15) is 0 Å². The number of nitrogens with one attached hydrogen (secondary N) is 1. The third-order valence-corrected chi connectivity index (χ3v) is 4.06. The van der Waals surface area contributed by atoms with E-state index < -0.39 is 0 Å². The lowest BCUT2D eigenvalue weighted by molar-refractivity contribution is 0.00530. The molecular formula is C17H28N2O. The van der Waals surface area contributed by atoms with Crippen LogP contribution in [0.1, 0.15) is 50.8 Å². The molecule has 1 saturated heterocycles. The molecule has 1 aromatic rings. The summed E-state index contributed by atoms with van der Waals surface area (Å²) in [6, 6.07) is 4.84. The third kappa shape index (κ3) is 4.88. The van der Waals surface area contributed by atoms with Crippen LogP contribution in [0.25, 0.3) is 0 Å². The van der Waals surface area contributed by atoms with Gasteiger partial charge in [0.25, 0.3) is 0 Å². The van der Waals surface area contributed by atoms with E-state index in [4.69, 9.17) is 4.74 Å². The number of nitrogens with zero attached hydrogens (tertiary/aromatic N) is 1. The molecule has 2 heterocycles. The second-order valence-corrected chi connectivity index (χ2v) is 5.69. The van der Waals surface area contributed by atoms with E-state index in [0.29, 0.717) is 12.1 Å². The van der Waals surface area contributed by atoms with Crippen molar-refractivity contribution in [3.8, 4) is 0 Å². The molecule has 1 N–H and O–H groups in total. The van der Waals surface area contributed by atoms with Gasteiger partial charge in [-0.25, -0.2) is 0 Å². The minimum atomic E-state index is 0.433. The second kappa shape index (κ2) is 8.38. The standard InChI is InChI=1S/C17H28N2O/c1-3-14-8-9-15(19-13-14)11-16(18-4-2)12-17-7-5-6-10-20-17/h8-9,13,16-18H,3-7,10-12H2,1-2H3. The fourth-order valence-corrected chi connectivity index (χ4v) is 2.88. The fourth-order valence-electron chi connectivity index (χ4n) is 2.88. The molecule has 1 aliphatic rings. The Hall–Kier alpha value is -0.930. The molecule has 0 amide bonds. The molecular weight excluding hydrogens is 248 g/mol. The summed E-state index contributed by atoms with van der Waals surface area (Å²) in [5.74, 6) is 0. The van der Waals surface area contributed by atoms with Crippen LogP contribution in [-0.4, -0.2) is 30.3 Å². The monoisotopic (exact) mass is 276 g/mol. The van der Waals surface area contributed by atoms with Crippen molar-refractivity contribution in [1.29, 1.82) is 0 Å². The van der Waals surface area contributed by atoms with Crippen molar-refractivity contribution in [2.75, 3.05) is 13.2 Å². The Morgan fingerprint density at radius 3 is 2.85 bits per heavy atom. The molecule has 1 aliphatic heterocycles. The highest BCUT2D eigenvalue weighted by Gasteiger charge is 2.19. The molecule has 20 heavy (non-hydrogen) atoms. The number of hydrogen-bond acceptors (Lipinski definition) is 3. The predicted octanol–water partition coefficient (Wildman–Crippen LogP) is 3.12. The first-order valence-corrected chi connectivity index (χ1v) is 8.10. The Labute approximate surface area is 123 Å². The average Bonchev–Trinajstić information content (AvgIpc) is 2.49. The lowest BCUT2D eigenvalue weighted by Gasteiger charge is -2.27. The normalized spacial score (nSPS) is 20.8. The van der Waals surface area contributed by atoms with Crippen LogP contribution in [0.5, 0.6) is 0 Å². The lowest BCUT2D eigenvalue weighted by atomic mass is 9.98. The van der Waals surface area contributed by atoms with Crippen LogP contribution in [-0.2, 0) is 17.6 Å². The number of hydrogen-bond donors (Lipinski definition) is 1. The van der Waals surface area contributed by atoms with Crippen molar-refractivity contribution < 1.29 is 4.74 Å². The van der Waals surface area contributed by atoms with Gasteiger partial charge in [-0.2, -0.15) is 0 Å². The summed E-state index contributed by atoms with van der Waals surface area (Å²) in [5, 5.41) is 3.59. The van der Waals surface area contributed by atoms with Crippen LogP contribution >= 0.6 is 0 Å². The summed E-state index contributed by atoms with van der Waals surface area (Å²) in [7, 11) is 0. The summed E-state index contributed by atoms with van der Waals surface area (Å²) in [5.41, 5.74) is 2.49. The Bertz CT molecular complexity index is 371. The molecule has 3 nitrogen and oxygen atoms in total. The first-order chi connectivity index (χ1) is 9.81. The zero-order valence-electron chi connectivity index (χ0n) is 12.9. The molecule has 0 radical (unpaired) electrons. The van der Waals surface area contributed by atoms with Crippen LogP contribution < -0.4 is 5.32 Å². The molecule has 2 unspecified atom stereocenters. The summed E-state index contributed by atoms with van der Waals surface area (Å²) in [6.45, 7) is 6.28. The number of rotatable bonds is 7. The van der Waals surface area contributed by atoms with Crippen LogP contribution in [0.4, 0.5) is 0 Å². The molecule has 0 bridgehead atoms. The van der Waals surface area contributed by atoms with E-state index in [1.807, 2.05) is 6.20 Å². The molecule has 1 aromatic heterocycles. The topological polar surface area (TPSA) is 34.2 Å². The maximum Gasteiger partial charge on any atom is 0.0590 e. The smallest absolute Gasteiger partial charge is 0.0590 e. The predicted molar refractivity (Wildman–Crippen MR) is 83.0 cm³/mol. The van der Waals surface area contributed by atoms with Gasteiger partial charge in [-0.15, -0.1) is 0 Å². The molecule has 0 spiro atoms. The highest BCUT2D eigenvalue weighted by atomic mass is 16.5. The van der Waals surface area contributed by atoms with Crippen molar-refractivity contribution in [2.24, 2.45) is 0 Å². The Morgan fingerprint density at radius 2 is 2.25 bits per heavy atom. The minimum absolute atomic E-state index is 0.433. The zero-order chi connectivity index (χ0) is 14.2. The lowest BCUT2D eigenvalue weighted by Crippen LogP contribution is -2.36. The summed E-state index contributed by atoms with van der Waals surface area (Å²) < 4.78 is 5.87. The van der Waals surface area contributed by atoms with E-state index in [1.54, 1.807) is 0 Å². The van der Waals surface area contributed by atoms with Gasteiger partial charge in [-0.05, 0) is 50.3 Å². The molecule has 1 fully saturated rings. The summed E-state index contributed by atoms with van der Waals surface area (Å²) in [6.07, 6.45) is 9.35. The van der Waals surface area contributed by atoms with Crippen LogP contribution in [0, 0.1) is 0 Å². The highest BCUT2D eigenvalue weighted by molar-refractivity contribution is 5.14. The average molecular weight is 276 g/mol. The zero-order valence-corrected chi connectivity index (χ0v) is 12.9. The van der Waals surface area contributed by atoms with E-state index in [2.05, 4.69) is 36.3 Å². The number of ether oxygens (including phenoxy) is 1. The largest absolute Gasteiger partial charge is 0.378 e. The first-order valence-electron chi connectivity index (χ1n) is 8.10. The fraction of sp³-hybridized carbons (Fsp3) is 0.706. The van der Waals surface area contributed by atoms with E-state index in [0.717, 1.165) is 32.4 Å². The van der Waals surface area contributed by atoms with Gasteiger partial charge in [0.15, 0.2) is 0 Å². The van der Waals surface area contributed by atoms with Gasteiger partial charge < -0.3 is 10.1 Å². The maximum atomic E-state index is 5.87. The van der Waals surface area contributed by atoms with E-state index >= 15 is 0 Å². The Balaban J connectivity index is 1.89. The van der Waals surface area contributed by atoms with Crippen molar-refractivity contribution in [3.63, 3.8) is 0 Å². The number of pyridine rings is 1. The number of aromatic nitrogens is 1. The van der Waals surface area contributed by atoms with Gasteiger partial charge in [0, 0.05) is 31.0 Å². The van der Waals surface area contributed by atoms with Crippen LogP contribution in [0.15, 0.2) is 18.3 Å². The van der Waals surface area contributed by atoms with Crippen molar-refractivity contribution in [1.82, 2.24) is 10.3 Å². The SMILES string of the molecule is CCNC(Cc1ccc(CC)cn1)CC1CCCCO1. The third-order valence-electron chi connectivity index (χ3n) is 4.06. The molecule has 112 valence electrons. The number of likely N-dealkylation sites (N-methyl/N-ethyl adjacent to an activating group) is 1. The van der Waals surface area contributed by atoms with Crippen LogP contribution in [0.2, 0.25) is 0 Å².